The van der Waals surface area contributed by atoms with Gasteiger partial charge in [-0.1, -0.05) is 114 Å². The first-order valence-corrected chi connectivity index (χ1v) is 18.4. The van der Waals surface area contributed by atoms with Gasteiger partial charge < -0.3 is 14.4 Å². The molecule has 10 rings (SSSR count). The molecule has 0 spiro atoms. The summed E-state index contributed by atoms with van der Waals surface area (Å²) in [4.78, 5) is 9.18. The van der Waals surface area contributed by atoms with Crippen LogP contribution in [0.3, 0.4) is 0 Å². The zero-order valence-corrected chi connectivity index (χ0v) is 32.7. The number of nitrogens with zero attached hydrogens (tertiary/aromatic N) is 6. The van der Waals surface area contributed by atoms with Crippen molar-refractivity contribution in [1.82, 2.24) is 24.2 Å². The second-order valence-corrected chi connectivity index (χ2v) is 13.7. The van der Waals surface area contributed by atoms with Crippen molar-refractivity contribution in [2.24, 2.45) is 0 Å². The van der Waals surface area contributed by atoms with Crippen LogP contribution < -0.4 is 21.4 Å². The van der Waals surface area contributed by atoms with E-state index in [0.717, 1.165) is 72.5 Å². The largest absolute Gasteiger partial charge is 0.510 e. The molecular weight excluding hydrogens is 866 g/mol. The molecule has 6 nitrogen and oxygen atoms in total. The SMILES string of the molecule is CN1C=CN(c2[c-]c3c(cc2)c2ccccc2n3-c2[c-]c(B(c3ccccn3)c3c(-c4ccccc4)nn(-c4ccccc4)c3-c3ccccc3)ccc2)[CH-]1.[Pt]. The van der Waals surface area contributed by atoms with E-state index in [1.807, 2.05) is 42.5 Å². The number of hydrogen-bond donors (Lipinski definition) is 0. The summed E-state index contributed by atoms with van der Waals surface area (Å²) < 4.78 is 4.39. The molecule has 272 valence electrons. The predicted molar refractivity (Wildman–Crippen MR) is 225 cm³/mol. The van der Waals surface area contributed by atoms with Gasteiger partial charge in [0.25, 0.3) is 0 Å². The molecule has 0 N–H and O–H groups in total. The van der Waals surface area contributed by atoms with E-state index in [1.54, 1.807) is 0 Å². The third-order valence-electron chi connectivity index (χ3n) is 10.3. The number of hydrogen-bond acceptors (Lipinski definition) is 4. The molecule has 0 unspecified atom stereocenters. The second-order valence-electron chi connectivity index (χ2n) is 13.7. The van der Waals surface area contributed by atoms with Crippen LogP contribution in [-0.4, -0.2) is 38.0 Å². The molecule has 0 radical (unpaired) electrons. The van der Waals surface area contributed by atoms with Crippen molar-refractivity contribution in [2.75, 3.05) is 11.9 Å². The van der Waals surface area contributed by atoms with Crippen molar-refractivity contribution >= 4 is 50.7 Å². The molecule has 0 bridgehead atoms. The summed E-state index contributed by atoms with van der Waals surface area (Å²) in [5, 5.41) is 7.76. The average molecular weight is 901 g/mol. The molecule has 3 aromatic heterocycles. The number of anilines is 1. The quantitative estimate of drug-likeness (QED) is 0.114. The van der Waals surface area contributed by atoms with Gasteiger partial charge in [-0.2, -0.15) is 41.5 Å². The smallest absolute Gasteiger partial charge is 0.246 e. The van der Waals surface area contributed by atoms with Crippen molar-refractivity contribution in [1.29, 1.82) is 0 Å². The van der Waals surface area contributed by atoms with Gasteiger partial charge in [-0.3, -0.25) is 4.98 Å². The van der Waals surface area contributed by atoms with Crippen LogP contribution in [0, 0.1) is 18.8 Å². The predicted octanol–water partition coefficient (Wildman–Crippen LogP) is 8.15. The van der Waals surface area contributed by atoms with E-state index in [-0.39, 0.29) is 27.8 Å². The molecule has 6 aromatic carbocycles. The van der Waals surface area contributed by atoms with Gasteiger partial charge in [0.2, 0.25) is 6.71 Å². The monoisotopic (exact) mass is 900 g/mol. The molecule has 1 aliphatic rings. The van der Waals surface area contributed by atoms with Gasteiger partial charge in [0.15, 0.2) is 0 Å². The van der Waals surface area contributed by atoms with Gasteiger partial charge in [-0.05, 0) is 66.2 Å². The van der Waals surface area contributed by atoms with Gasteiger partial charge >= 0.3 is 0 Å². The van der Waals surface area contributed by atoms with Gasteiger partial charge in [-0.25, -0.2) is 4.68 Å². The third kappa shape index (κ3) is 6.24. The van der Waals surface area contributed by atoms with Crippen LogP contribution in [0.1, 0.15) is 0 Å². The van der Waals surface area contributed by atoms with E-state index >= 15 is 0 Å². The zero-order valence-electron chi connectivity index (χ0n) is 30.5. The van der Waals surface area contributed by atoms with Crippen LogP contribution in [0.4, 0.5) is 5.69 Å². The summed E-state index contributed by atoms with van der Waals surface area (Å²) in [5.41, 5.74) is 11.9. The Kier molecular flexibility index (Phi) is 9.46. The Hall–Kier alpha value is -6.43. The molecule has 8 heteroatoms. The van der Waals surface area contributed by atoms with Crippen LogP contribution in [-0.2, 0) is 21.1 Å². The summed E-state index contributed by atoms with van der Waals surface area (Å²) in [6.45, 7) is 1.73. The van der Waals surface area contributed by atoms with E-state index in [4.69, 9.17) is 10.1 Å². The fraction of sp³-hybridized carbons (Fsp3) is 0.0208. The Morgan fingerprint density at radius 2 is 1.32 bits per heavy atom. The molecule has 0 fully saturated rings. The minimum absolute atomic E-state index is 0. The Balaban J connectivity index is 0.00000410. The molecule has 0 amide bonds. The fourth-order valence-corrected chi connectivity index (χ4v) is 7.80. The molecule has 56 heavy (non-hydrogen) atoms. The Bertz CT molecular complexity index is 2820. The maximum absolute atomic E-state index is 5.45. The average Bonchev–Trinajstić information content (AvgIpc) is 3.96. The number of para-hydroxylation sites is 2. The van der Waals surface area contributed by atoms with E-state index < -0.39 is 0 Å². The van der Waals surface area contributed by atoms with Crippen LogP contribution >= 0.6 is 0 Å². The van der Waals surface area contributed by atoms with Gasteiger partial charge in [0.1, 0.15) is 0 Å². The fourth-order valence-electron chi connectivity index (χ4n) is 7.80. The van der Waals surface area contributed by atoms with Crippen LogP contribution in [0.25, 0.3) is 55.7 Å². The maximum Gasteiger partial charge on any atom is 0.246 e. The van der Waals surface area contributed by atoms with E-state index in [0.29, 0.717) is 0 Å². The Morgan fingerprint density at radius 3 is 2.05 bits per heavy atom. The molecule has 0 saturated carbocycles. The summed E-state index contributed by atoms with van der Waals surface area (Å²) in [5.74, 6) is 0. The molecule has 9 aromatic rings. The Morgan fingerprint density at radius 1 is 0.607 bits per heavy atom. The maximum atomic E-state index is 5.45. The topological polar surface area (TPSA) is 42.1 Å². The van der Waals surface area contributed by atoms with E-state index in [9.17, 15) is 0 Å². The van der Waals surface area contributed by atoms with Crippen molar-refractivity contribution < 1.29 is 21.1 Å². The van der Waals surface area contributed by atoms with E-state index in [2.05, 4.69) is 185 Å². The number of benzene rings is 6. The number of rotatable bonds is 8. The Labute approximate surface area is 341 Å². The molecular formula is C48H34BN6Pt-3. The molecule has 0 atom stereocenters. The normalized spacial score (nSPS) is 12.4. The number of pyridine rings is 1. The summed E-state index contributed by atoms with van der Waals surface area (Å²) in [6.07, 6.45) is 5.97. The zero-order chi connectivity index (χ0) is 36.7. The minimum Gasteiger partial charge on any atom is -0.510 e. The standard InChI is InChI=1S/C48H34BN6.Pt/c1-52-30-31-53(34-52)39-27-28-42-41-24-11-12-25-43(41)54(44(42)33-39)40-23-15-20-37(32-40)49(45-26-13-14-29-50-45)46-47(35-16-5-2-6-17-35)51-55(38-21-9-4-10-22-38)48(46)36-18-7-3-8-19-36;/h2-31,34H,1H3;/q-3;. The molecule has 1 aliphatic heterocycles. The molecule has 0 aliphatic carbocycles. The number of aromatic nitrogens is 4. The number of fused-ring (bicyclic) bond motifs is 3. The van der Waals surface area contributed by atoms with Crippen LogP contribution in [0.2, 0.25) is 0 Å². The summed E-state index contributed by atoms with van der Waals surface area (Å²) >= 11 is 0. The summed E-state index contributed by atoms with van der Waals surface area (Å²) in [7, 11) is 2.03. The van der Waals surface area contributed by atoms with Crippen molar-refractivity contribution in [3.8, 4) is 33.9 Å². The van der Waals surface area contributed by atoms with Crippen molar-refractivity contribution in [3.63, 3.8) is 0 Å². The van der Waals surface area contributed by atoms with Crippen LogP contribution in [0.15, 0.2) is 182 Å². The van der Waals surface area contributed by atoms with Gasteiger partial charge in [0, 0.05) is 43.9 Å². The van der Waals surface area contributed by atoms with Crippen molar-refractivity contribution in [2.45, 2.75) is 0 Å². The first kappa shape index (κ1) is 35.3. The first-order valence-electron chi connectivity index (χ1n) is 18.4. The van der Waals surface area contributed by atoms with E-state index in [1.165, 1.54) is 5.39 Å². The third-order valence-corrected chi connectivity index (χ3v) is 10.3. The van der Waals surface area contributed by atoms with Gasteiger partial charge in [-0.15, -0.1) is 29.3 Å². The van der Waals surface area contributed by atoms with Crippen molar-refractivity contribution in [3.05, 3.63) is 201 Å². The summed E-state index contributed by atoms with van der Waals surface area (Å²) in [6, 6.07) is 64.7. The molecule has 4 heterocycles. The molecule has 0 saturated heterocycles. The first-order chi connectivity index (χ1) is 27.2. The second kappa shape index (κ2) is 15.0. The van der Waals surface area contributed by atoms with Crippen LogP contribution in [0.5, 0.6) is 0 Å². The minimum atomic E-state index is -0.323. The van der Waals surface area contributed by atoms with Gasteiger partial charge in [0.05, 0.1) is 17.1 Å².